The van der Waals surface area contributed by atoms with Crippen LogP contribution in [0, 0.1) is 0 Å². The molecule has 0 saturated heterocycles. The molecule has 0 unspecified atom stereocenters. The number of rotatable bonds is 6. The van der Waals surface area contributed by atoms with Gasteiger partial charge in [-0.25, -0.2) is 4.79 Å². The van der Waals surface area contributed by atoms with E-state index in [1.54, 1.807) is 0 Å². The van der Waals surface area contributed by atoms with Gasteiger partial charge in [-0.3, -0.25) is 0 Å². The van der Waals surface area contributed by atoms with Crippen LogP contribution >= 0.6 is 0 Å². The number of ether oxygens (including phenoxy) is 1. The number of amides is 1. The molecule has 1 aromatic carbocycles. The first kappa shape index (κ1) is 12.6. The standard InChI is InChI=1S/C13H19NO2/c1-2-10-14-13(15)16-11-6-9-12-7-4-3-5-8-12/h3-5,7-8H,2,6,9-11H2,1H3,(H,14,15). The Bertz CT molecular complexity index is 298. The summed E-state index contributed by atoms with van der Waals surface area (Å²) in [6.07, 6.45) is 2.43. The summed E-state index contributed by atoms with van der Waals surface area (Å²) < 4.78 is 5.02. The first-order valence-electron chi connectivity index (χ1n) is 5.77. The number of aryl methyl sites for hydroxylation is 1. The van der Waals surface area contributed by atoms with E-state index in [1.165, 1.54) is 5.56 Å². The number of carbonyl (C=O) groups excluding carboxylic acids is 1. The van der Waals surface area contributed by atoms with Gasteiger partial charge in [-0.15, -0.1) is 0 Å². The lowest BCUT2D eigenvalue weighted by molar-refractivity contribution is 0.145. The molecule has 88 valence electrons. The third-order valence-electron chi connectivity index (χ3n) is 2.21. The highest BCUT2D eigenvalue weighted by molar-refractivity contribution is 5.66. The van der Waals surface area contributed by atoms with E-state index in [0.29, 0.717) is 13.2 Å². The van der Waals surface area contributed by atoms with Crippen LogP contribution in [0.3, 0.4) is 0 Å². The van der Waals surface area contributed by atoms with Gasteiger partial charge < -0.3 is 10.1 Å². The van der Waals surface area contributed by atoms with Crippen molar-refractivity contribution in [3.05, 3.63) is 35.9 Å². The fourth-order valence-corrected chi connectivity index (χ4v) is 1.36. The number of benzene rings is 1. The Kier molecular flexibility index (Phi) is 6.07. The van der Waals surface area contributed by atoms with Gasteiger partial charge in [-0.1, -0.05) is 37.3 Å². The molecule has 3 nitrogen and oxygen atoms in total. The van der Waals surface area contributed by atoms with Crippen molar-refractivity contribution in [1.29, 1.82) is 0 Å². The van der Waals surface area contributed by atoms with Crippen LogP contribution in [-0.4, -0.2) is 19.2 Å². The van der Waals surface area contributed by atoms with E-state index >= 15 is 0 Å². The summed E-state index contributed by atoms with van der Waals surface area (Å²) in [6.45, 7) is 3.16. The SMILES string of the molecule is CCCNC(=O)OCCCc1ccccc1. The first-order chi connectivity index (χ1) is 7.83. The summed E-state index contributed by atoms with van der Waals surface area (Å²) in [7, 11) is 0. The van der Waals surface area contributed by atoms with E-state index in [0.717, 1.165) is 19.3 Å². The van der Waals surface area contributed by atoms with Gasteiger partial charge in [0.2, 0.25) is 0 Å². The second-order valence-corrected chi connectivity index (χ2v) is 3.65. The van der Waals surface area contributed by atoms with Gasteiger partial charge >= 0.3 is 6.09 Å². The van der Waals surface area contributed by atoms with Crippen molar-refractivity contribution in [2.45, 2.75) is 26.2 Å². The summed E-state index contributed by atoms with van der Waals surface area (Å²) in [5.74, 6) is 0. The van der Waals surface area contributed by atoms with Crippen molar-refractivity contribution in [3.8, 4) is 0 Å². The molecule has 0 saturated carbocycles. The number of hydrogen-bond acceptors (Lipinski definition) is 2. The van der Waals surface area contributed by atoms with E-state index in [-0.39, 0.29) is 6.09 Å². The maximum absolute atomic E-state index is 11.1. The highest BCUT2D eigenvalue weighted by atomic mass is 16.5. The zero-order chi connectivity index (χ0) is 11.6. The Morgan fingerprint density at radius 3 is 2.75 bits per heavy atom. The molecule has 0 aliphatic heterocycles. The molecule has 1 aromatic rings. The normalized spacial score (nSPS) is 9.81. The van der Waals surface area contributed by atoms with Gasteiger partial charge in [0.25, 0.3) is 0 Å². The molecule has 1 rings (SSSR count). The second kappa shape index (κ2) is 7.74. The van der Waals surface area contributed by atoms with Crippen molar-refractivity contribution < 1.29 is 9.53 Å². The fraction of sp³-hybridized carbons (Fsp3) is 0.462. The Labute approximate surface area is 96.8 Å². The Morgan fingerprint density at radius 2 is 2.06 bits per heavy atom. The van der Waals surface area contributed by atoms with Crippen LogP contribution in [0.5, 0.6) is 0 Å². The minimum atomic E-state index is -0.310. The number of nitrogens with one attached hydrogen (secondary N) is 1. The third-order valence-corrected chi connectivity index (χ3v) is 2.21. The van der Waals surface area contributed by atoms with Crippen molar-refractivity contribution in [2.75, 3.05) is 13.2 Å². The molecule has 16 heavy (non-hydrogen) atoms. The molecule has 0 fully saturated rings. The van der Waals surface area contributed by atoms with Crippen LogP contribution < -0.4 is 5.32 Å². The van der Waals surface area contributed by atoms with E-state index in [1.807, 2.05) is 25.1 Å². The lowest BCUT2D eigenvalue weighted by Gasteiger charge is -2.05. The van der Waals surface area contributed by atoms with Crippen LogP contribution in [0.1, 0.15) is 25.3 Å². The molecule has 0 aliphatic rings. The first-order valence-corrected chi connectivity index (χ1v) is 5.77. The highest BCUT2D eigenvalue weighted by Crippen LogP contribution is 2.02. The molecular formula is C13H19NO2. The van der Waals surface area contributed by atoms with E-state index in [4.69, 9.17) is 4.74 Å². The smallest absolute Gasteiger partial charge is 0.407 e. The largest absolute Gasteiger partial charge is 0.450 e. The molecule has 3 heteroatoms. The van der Waals surface area contributed by atoms with Crippen LogP contribution in [0.25, 0.3) is 0 Å². The predicted molar refractivity (Wildman–Crippen MR) is 64.4 cm³/mol. The number of carbonyl (C=O) groups is 1. The molecule has 0 heterocycles. The summed E-state index contributed by atoms with van der Waals surface area (Å²) >= 11 is 0. The van der Waals surface area contributed by atoms with Gasteiger partial charge in [-0.05, 0) is 24.8 Å². The quantitative estimate of drug-likeness (QED) is 0.750. The summed E-state index contributed by atoms with van der Waals surface area (Å²) in [5, 5.41) is 2.67. The lowest BCUT2D eigenvalue weighted by Crippen LogP contribution is -2.25. The van der Waals surface area contributed by atoms with Crippen molar-refractivity contribution in [2.24, 2.45) is 0 Å². The average Bonchev–Trinajstić information content (AvgIpc) is 2.33. The minimum absolute atomic E-state index is 0.310. The third kappa shape index (κ3) is 5.39. The Morgan fingerprint density at radius 1 is 1.31 bits per heavy atom. The molecular weight excluding hydrogens is 202 g/mol. The maximum Gasteiger partial charge on any atom is 0.407 e. The molecule has 0 aliphatic carbocycles. The van der Waals surface area contributed by atoms with Crippen LogP contribution in [0.15, 0.2) is 30.3 Å². The monoisotopic (exact) mass is 221 g/mol. The van der Waals surface area contributed by atoms with E-state index in [2.05, 4.69) is 17.4 Å². The summed E-state index contributed by atoms with van der Waals surface area (Å²) in [6, 6.07) is 10.2. The molecule has 0 spiro atoms. The number of alkyl carbamates (subject to hydrolysis) is 1. The zero-order valence-electron chi connectivity index (χ0n) is 9.74. The predicted octanol–water partition coefficient (Wildman–Crippen LogP) is 2.76. The van der Waals surface area contributed by atoms with E-state index in [9.17, 15) is 4.79 Å². The summed E-state index contributed by atoms with van der Waals surface area (Å²) in [4.78, 5) is 11.1. The molecule has 0 aromatic heterocycles. The highest BCUT2D eigenvalue weighted by Gasteiger charge is 1.99. The Balaban J connectivity index is 2.06. The second-order valence-electron chi connectivity index (χ2n) is 3.65. The van der Waals surface area contributed by atoms with Crippen LogP contribution in [0.2, 0.25) is 0 Å². The Hall–Kier alpha value is -1.51. The number of hydrogen-bond donors (Lipinski definition) is 1. The van der Waals surface area contributed by atoms with E-state index < -0.39 is 0 Å². The topological polar surface area (TPSA) is 38.3 Å². The molecule has 0 bridgehead atoms. The van der Waals surface area contributed by atoms with Crippen molar-refractivity contribution in [3.63, 3.8) is 0 Å². The molecule has 1 N–H and O–H groups in total. The van der Waals surface area contributed by atoms with Crippen LogP contribution in [0.4, 0.5) is 4.79 Å². The van der Waals surface area contributed by atoms with Gasteiger partial charge in [0, 0.05) is 6.54 Å². The van der Waals surface area contributed by atoms with Gasteiger partial charge in [-0.2, -0.15) is 0 Å². The van der Waals surface area contributed by atoms with Gasteiger partial charge in [0.15, 0.2) is 0 Å². The average molecular weight is 221 g/mol. The maximum atomic E-state index is 11.1. The van der Waals surface area contributed by atoms with Gasteiger partial charge in [0.1, 0.15) is 0 Å². The lowest BCUT2D eigenvalue weighted by atomic mass is 10.1. The summed E-state index contributed by atoms with van der Waals surface area (Å²) in [5.41, 5.74) is 1.28. The minimum Gasteiger partial charge on any atom is -0.450 e. The fourth-order valence-electron chi connectivity index (χ4n) is 1.36. The van der Waals surface area contributed by atoms with Crippen molar-refractivity contribution in [1.82, 2.24) is 5.32 Å². The van der Waals surface area contributed by atoms with Crippen LogP contribution in [-0.2, 0) is 11.2 Å². The van der Waals surface area contributed by atoms with Gasteiger partial charge in [0.05, 0.1) is 6.61 Å². The molecule has 0 atom stereocenters. The zero-order valence-corrected chi connectivity index (χ0v) is 9.74. The molecule has 0 radical (unpaired) electrons. The van der Waals surface area contributed by atoms with Crippen molar-refractivity contribution >= 4 is 6.09 Å². The molecule has 1 amide bonds.